The van der Waals surface area contributed by atoms with Gasteiger partial charge in [-0.15, -0.1) is 0 Å². The van der Waals surface area contributed by atoms with E-state index in [0.717, 1.165) is 51.4 Å². The highest BCUT2D eigenvalue weighted by Gasteiger charge is 2.20. The number of aliphatic hydroxyl groups excluding tert-OH is 2. The molecule has 432 valence electrons. The van der Waals surface area contributed by atoms with E-state index in [-0.39, 0.29) is 18.5 Å². The van der Waals surface area contributed by atoms with Gasteiger partial charge in [0.25, 0.3) is 0 Å². The number of carbonyl (C=O) groups excluding carboxylic acids is 2. The lowest BCUT2D eigenvalue weighted by Gasteiger charge is -2.22. The maximum atomic E-state index is 12.4. The Bertz CT molecular complexity index is 1140. The third-order valence-corrected chi connectivity index (χ3v) is 15.5. The van der Waals surface area contributed by atoms with E-state index in [1.165, 1.54) is 283 Å². The van der Waals surface area contributed by atoms with Gasteiger partial charge in [-0.25, -0.2) is 0 Å². The molecule has 6 nitrogen and oxygen atoms in total. The average molecular weight is 1030 g/mol. The first-order valence-electron chi connectivity index (χ1n) is 33.1. The van der Waals surface area contributed by atoms with Gasteiger partial charge in [0, 0.05) is 12.8 Å². The van der Waals surface area contributed by atoms with E-state index in [2.05, 4.69) is 43.5 Å². The van der Waals surface area contributed by atoms with Gasteiger partial charge in [-0.2, -0.15) is 0 Å². The highest BCUT2D eigenvalue weighted by Crippen LogP contribution is 2.19. The zero-order chi connectivity index (χ0) is 52.9. The number of carbonyl (C=O) groups is 2. The number of hydrogen-bond acceptors (Lipinski definition) is 5. The molecule has 0 saturated heterocycles. The van der Waals surface area contributed by atoms with Crippen LogP contribution in [0.25, 0.3) is 0 Å². The molecule has 6 heteroatoms. The second-order valence-corrected chi connectivity index (χ2v) is 22.8. The number of unbranched alkanes of at least 4 members (excludes halogenated alkanes) is 47. The second-order valence-electron chi connectivity index (χ2n) is 22.8. The molecule has 0 rings (SSSR count). The molecule has 2 atom stereocenters. The predicted octanol–water partition coefficient (Wildman–Crippen LogP) is 21.0. The zero-order valence-electron chi connectivity index (χ0n) is 49.4. The van der Waals surface area contributed by atoms with Crippen molar-refractivity contribution in [3.05, 3.63) is 24.3 Å². The fourth-order valence-corrected chi connectivity index (χ4v) is 10.4. The van der Waals surface area contributed by atoms with Gasteiger partial charge in [0.1, 0.15) is 0 Å². The quantitative estimate of drug-likeness (QED) is 0.0320. The molecule has 0 spiro atoms. The van der Waals surface area contributed by atoms with Gasteiger partial charge < -0.3 is 20.3 Å². The van der Waals surface area contributed by atoms with E-state index in [9.17, 15) is 19.8 Å². The number of hydrogen-bond donors (Lipinski definition) is 3. The second kappa shape index (κ2) is 62.9. The van der Waals surface area contributed by atoms with Crippen LogP contribution in [0.15, 0.2) is 24.3 Å². The summed E-state index contributed by atoms with van der Waals surface area (Å²) in [5.74, 6) is -0.0241. The molecule has 0 saturated carbocycles. The Morgan fingerprint density at radius 1 is 0.384 bits per heavy atom. The Morgan fingerprint density at radius 2 is 0.685 bits per heavy atom. The molecule has 0 aliphatic carbocycles. The molecule has 0 radical (unpaired) electrons. The first-order valence-corrected chi connectivity index (χ1v) is 33.1. The van der Waals surface area contributed by atoms with E-state index in [1.54, 1.807) is 0 Å². The highest BCUT2D eigenvalue weighted by molar-refractivity contribution is 5.76. The molecule has 3 N–H and O–H groups in total. The minimum absolute atomic E-state index is 0.00738. The summed E-state index contributed by atoms with van der Waals surface area (Å²) < 4.78 is 5.49. The fraction of sp³-hybridized carbons (Fsp3) is 0.910. The molecule has 0 aromatic carbocycles. The van der Waals surface area contributed by atoms with E-state index in [1.807, 2.05) is 0 Å². The van der Waals surface area contributed by atoms with Gasteiger partial charge in [-0.05, 0) is 57.8 Å². The molecule has 0 fully saturated rings. The Balaban J connectivity index is 3.29. The third kappa shape index (κ3) is 59.4. The van der Waals surface area contributed by atoms with Crippen LogP contribution in [0.3, 0.4) is 0 Å². The predicted molar refractivity (Wildman–Crippen MR) is 320 cm³/mol. The standard InChI is InChI=1S/C67H129NO5/c1-3-5-7-9-11-13-14-15-34-38-41-45-49-53-57-61-67(72)73-62-58-54-50-46-42-39-36-33-31-29-27-25-23-21-19-17-16-18-20-22-24-26-28-30-32-35-37-40-44-48-52-56-60-66(71)68-64(63-69)65(70)59-55-51-47-43-12-10-8-6-4-2/h11,13,15,34,64-65,69-70H,3-10,12,14,16-33,35-63H2,1-2H3,(H,68,71)/b13-11-,34-15-. The Morgan fingerprint density at radius 3 is 1.07 bits per heavy atom. The summed E-state index contributed by atoms with van der Waals surface area (Å²) in [6, 6.07) is -0.535. The van der Waals surface area contributed by atoms with Crippen molar-refractivity contribution in [1.82, 2.24) is 5.32 Å². The monoisotopic (exact) mass is 1030 g/mol. The van der Waals surface area contributed by atoms with Crippen molar-refractivity contribution in [1.29, 1.82) is 0 Å². The molecule has 0 aromatic heterocycles. The average Bonchev–Trinajstić information content (AvgIpc) is 3.39. The van der Waals surface area contributed by atoms with Crippen molar-refractivity contribution in [2.24, 2.45) is 0 Å². The van der Waals surface area contributed by atoms with Crippen LogP contribution >= 0.6 is 0 Å². The summed E-state index contributed by atoms with van der Waals surface area (Å²) in [5.41, 5.74) is 0. The maximum absolute atomic E-state index is 12.4. The van der Waals surface area contributed by atoms with E-state index in [4.69, 9.17) is 4.74 Å². The number of ether oxygens (including phenoxy) is 1. The largest absolute Gasteiger partial charge is 0.466 e. The minimum atomic E-state index is -0.658. The van der Waals surface area contributed by atoms with Crippen molar-refractivity contribution in [2.75, 3.05) is 13.2 Å². The summed E-state index contributed by atoms with van der Waals surface area (Å²) in [5, 5.41) is 23.1. The highest BCUT2D eigenvalue weighted by atomic mass is 16.5. The summed E-state index contributed by atoms with van der Waals surface area (Å²) >= 11 is 0. The van der Waals surface area contributed by atoms with Gasteiger partial charge in [0.05, 0.1) is 25.4 Å². The zero-order valence-corrected chi connectivity index (χ0v) is 49.4. The van der Waals surface area contributed by atoms with Crippen LogP contribution in [0.1, 0.15) is 367 Å². The molecule has 0 aliphatic rings. The number of rotatable bonds is 62. The summed E-state index contributed by atoms with van der Waals surface area (Å²) in [4.78, 5) is 24.5. The number of nitrogens with one attached hydrogen (secondary N) is 1. The van der Waals surface area contributed by atoms with Crippen molar-refractivity contribution >= 4 is 11.9 Å². The van der Waals surface area contributed by atoms with E-state index in [0.29, 0.717) is 25.9 Å². The topological polar surface area (TPSA) is 95.9 Å². The molecule has 0 heterocycles. The molecular weight excluding hydrogens is 899 g/mol. The van der Waals surface area contributed by atoms with Crippen molar-refractivity contribution in [3.8, 4) is 0 Å². The SMILES string of the molecule is CCCCC/C=C\C/C=C\CCCCCCCC(=O)OCCCCCCCCCCCCCCCCCCCCCCCCCCCCCCCCCCC(=O)NC(CO)C(O)CCCCCCCCCCC. The molecular formula is C67H129NO5. The van der Waals surface area contributed by atoms with Crippen LogP contribution in [0.5, 0.6) is 0 Å². The lowest BCUT2D eigenvalue weighted by atomic mass is 10.0. The minimum Gasteiger partial charge on any atom is -0.466 e. The van der Waals surface area contributed by atoms with Crippen LogP contribution in [-0.2, 0) is 14.3 Å². The van der Waals surface area contributed by atoms with Gasteiger partial charge in [0.15, 0.2) is 0 Å². The van der Waals surface area contributed by atoms with E-state index >= 15 is 0 Å². The maximum Gasteiger partial charge on any atom is 0.305 e. The fourth-order valence-electron chi connectivity index (χ4n) is 10.4. The Labute approximate surface area is 456 Å². The molecule has 1 amide bonds. The van der Waals surface area contributed by atoms with Crippen LogP contribution in [0, 0.1) is 0 Å². The molecule has 73 heavy (non-hydrogen) atoms. The molecule has 0 aliphatic heterocycles. The normalized spacial score (nSPS) is 12.7. The lowest BCUT2D eigenvalue weighted by Crippen LogP contribution is -2.45. The smallest absolute Gasteiger partial charge is 0.305 e. The first-order chi connectivity index (χ1) is 36.0. The summed E-state index contributed by atoms with van der Waals surface area (Å²) in [6.45, 7) is 4.92. The Kier molecular flexibility index (Phi) is 61.4. The van der Waals surface area contributed by atoms with Crippen molar-refractivity contribution < 1.29 is 24.5 Å². The number of esters is 1. The van der Waals surface area contributed by atoms with Gasteiger partial charge >= 0.3 is 5.97 Å². The number of aliphatic hydroxyl groups is 2. The van der Waals surface area contributed by atoms with Crippen LogP contribution in [0.2, 0.25) is 0 Å². The lowest BCUT2D eigenvalue weighted by molar-refractivity contribution is -0.143. The van der Waals surface area contributed by atoms with Crippen LogP contribution in [-0.4, -0.2) is 47.4 Å². The Hall–Kier alpha value is -1.66. The number of allylic oxidation sites excluding steroid dienone is 4. The molecule has 0 bridgehead atoms. The summed E-state index contributed by atoms with van der Waals surface area (Å²) in [7, 11) is 0. The summed E-state index contributed by atoms with van der Waals surface area (Å²) in [6.07, 6.45) is 78.0. The number of amides is 1. The van der Waals surface area contributed by atoms with E-state index < -0.39 is 12.1 Å². The van der Waals surface area contributed by atoms with Crippen LogP contribution < -0.4 is 5.32 Å². The van der Waals surface area contributed by atoms with Crippen LogP contribution in [0.4, 0.5) is 0 Å². The van der Waals surface area contributed by atoms with Gasteiger partial charge in [-0.3, -0.25) is 9.59 Å². The molecule has 2 unspecified atom stereocenters. The van der Waals surface area contributed by atoms with Crippen molar-refractivity contribution in [3.63, 3.8) is 0 Å². The van der Waals surface area contributed by atoms with Gasteiger partial charge in [-0.1, -0.05) is 321 Å². The van der Waals surface area contributed by atoms with Gasteiger partial charge in [0.2, 0.25) is 5.91 Å². The van der Waals surface area contributed by atoms with Crippen molar-refractivity contribution in [2.45, 2.75) is 379 Å². The molecule has 0 aromatic rings. The third-order valence-electron chi connectivity index (χ3n) is 15.5. The first kappa shape index (κ1) is 71.3.